The summed E-state index contributed by atoms with van der Waals surface area (Å²) < 4.78 is 12.5. The van der Waals surface area contributed by atoms with Gasteiger partial charge < -0.3 is 0 Å². The molecule has 0 amide bonds. The van der Waals surface area contributed by atoms with Crippen LogP contribution in [-0.4, -0.2) is 5.78 Å². The molecule has 60 valence electrons. The van der Waals surface area contributed by atoms with Crippen molar-refractivity contribution in [1.82, 2.24) is 0 Å². The zero-order valence-corrected chi connectivity index (χ0v) is 6.47. The van der Waals surface area contributed by atoms with Crippen molar-refractivity contribution in [2.24, 2.45) is 0 Å². The highest BCUT2D eigenvalue weighted by Gasteiger charge is 2.06. The van der Waals surface area contributed by atoms with Gasteiger partial charge in [0.2, 0.25) is 0 Å². The Bertz CT molecular complexity index is 365. The summed E-state index contributed by atoms with van der Waals surface area (Å²) in [6, 6.07) is 5.29. The number of benzene rings is 1. The van der Waals surface area contributed by atoms with E-state index in [4.69, 9.17) is 5.26 Å². The Hall–Kier alpha value is -1.69. The summed E-state index contributed by atoms with van der Waals surface area (Å²) in [6.45, 7) is 1.34. The third-order valence-electron chi connectivity index (χ3n) is 1.48. The molecule has 12 heavy (non-hydrogen) atoms. The smallest absolute Gasteiger partial charge is 0.161 e. The molecule has 0 aliphatic heterocycles. The van der Waals surface area contributed by atoms with Crippen LogP contribution in [0.2, 0.25) is 0 Å². The van der Waals surface area contributed by atoms with Gasteiger partial charge in [0.1, 0.15) is 5.82 Å². The number of carbonyl (C=O) groups excluding carboxylic acids is 1. The molecule has 0 spiro atoms. The first-order valence-electron chi connectivity index (χ1n) is 3.35. The lowest BCUT2D eigenvalue weighted by Crippen LogP contribution is -1.96. The summed E-state index contributed by atoms with van der Waals surface area (Å²) in [5.41, 5.74) is 0.349. The molecule has 0 atom stereocenters. The normalized spacial score (nSPS) is 9.08. The van der Waals surface area contributed by atoms with Crippen LogP contribution in [0.25, 0.3) is 0 Å². The van der Waals surface area contributed by atoms with Crippen LogP contribution in [-0.2, 0) is 0 Å². The van der Waals surface area contributed by atoms with Gasteiger partial charge in [0, 0.05) is 5.56 Å². The van der Waals surface area contributed by atoms with E-state index in [0.717, 1.165) is 12.1 Å². The molecule has 3 heteroatoms. The second-order valence-electron chi connectivity index (χ2n) is 2.36. The first-order chi connectivity index (χ1) is 5.65. The molecule has 0 aromatic heterocycles. The minimum absolute atomic E-state index is 0.0856. The van der Waals surface area contributed by atoms with Gasteiger partial charge >= 0.3 is 0 Å². The van der Waals surface area contributed by atoms with Crippen molar-refractivity contribution in [3.05, 3.63) is 35.1 Å². The van der Waals surface area contributed by atoms with E-state index in [-0.39, 0.29) is 16.9 Å². The number of hydrogen-bond acceptors (Lipinski definition) is 2. The first-order valence-corrected chi connectivity index (χ1v) is 3.35. The minimum Gasteiger partial charge on any atom is -0.294 e. The zero-order valence-electron chi connectivity index (χ0n) is 6.47. The summed E-state index contributed by atoms with van der Waals surface area (Å²) >= 11 is 0. The van der Waals surface area contributed by atoms with Crippen molar-refractivity contribution in [3.63, 3.8) is 0 Å². The maximum atomic E-state index is 12.5. The van der Waals surface area contributed by atoms with E-state index in [1.54, 1.807) is 6.07 Å². The van der Waals surface area contributed by atoms with E-state index in [1.165, 1.54) is 13.0 Å². The van der Waals surface area contributed by atoms with Crippen LogP contribution in [0.4, 0.5) is 4.39 Å². The Kier molecular flexibility index (Phi) is 2.20. The highest BCUT2D eigenvalue weighted by molar-refractivity contribution is 5.96. The highest BCUT2D eigenvalue weighted by Crippen LogP contribution is 2.10. The molecule has 0 aliphatic rings. The van der Waals surface area contributed by atoms with Crippen molar-refractivity contribution in [2.45, 2.75) is 6.92 Å². The minimum atomic E-state index is -0.503. The Labute approximate surface area is 69.2 Å². The average Bonchev–Trinajstić information content (AvgIpc) is 2.03. The van der Waals surface area contributed by atoms with Gasteiger partial charge in [0.15, 0.2) is 5.78 Å². The van der Waals surface area contributed by atoms with Crippen molar-refractivity contribution in [2.75, 3.05) is 0 Å². The van der Waals surface area contributed by atoms with Crippen LogP contribution in [0.1, 0.15) is 22.8 Å². The monoisotopic (exact) mass is 163 g/mol. The number of carbonyl (C=O) groups is 1. The molecular weight excluding hydrogens is 157 g/mol. The lowest BCUT2D eigenvalue weighted by atomic mass is 10.1. The molecule has 0 radical (unpaired) electrons. The van der Waals surface area contributed by atoms with Crippen molar-refractivity contribution in [1.29, 1.82) is 5.26 Å². The fourth-order valence-electron chi connectivity index (χ4n) is 0.916. The maximum Gasteiger partial charge on any atom is 0.161 e. The molecule has 1 aromatic carbocycles. The quantitative estimate of drug-likeness (QED) is 0.593. The number of nitriles is 1. The van der Waals surface area contributed by atoms with E-state index < -0.39 is 5.82 Å². The SMILES string of the molecule is CC(=O)c1ccc(F)cc1C#N. The third-order valence-corrected chi connectivity index (χ3v) is 1.48. The second-order valence-corrected chi connectivity index (χ2v) is 2.36. The lowest BCUT2D eigenvalue weighted by Gasteiger charge is -1.97. The van der Waals surface area contributed by atoms with Gasteiger partial charge in [0.25, 0.3) is 0 Å². The topological polar surface area (TPSA) is 40.9 Å². The largest absolute Gasteiger partial charge is 0.294 e. The van der Waals surface area contributed by atoms with Gasteiger partial charge in [-0.3, -0.25) is 4.79 Å². The molecule has 0 N–H and O–H groups in total. The Morgan fingerprint density at radius 3 is 2.75 bits per heavy atom. The van der Waals surface area contributed by atoms with E-state index in [0.29, 0.717) is 0 Å². The lowest BCUT2D eigenvalue weighted by molar-refractivity contribution is 0.101. The van der Waals surface area contributed by atoms with E-state index >= 15 is 0 Å². The summed E-state index contributed by atoms with van der Waals surface area (Å²) in [5, 5.41) is 8.52. The van der Waals surface area contributed by atoms with Crippen LogP contribution >= 0.6 is 0 Å². The van der Waals surface area contributed by atoms with Gasteiger partial charge in [-0.1, -0.05) is 0 Å². The van der Waals surface area contributed by atoms with Crippen molar-refractivity contribution >= 4 is 5.78 Å². The Morgan fingerprint density at radius 1 is 1.58 bits per heavy atom. The number of ketones is 1. The second kappa shape index (κ2) is 3.14. The molecule has 1 aromatic rings. The molecule has 1 rings (SSSR count). The van der Waals surface area contributed by atoms with Gasteiger partial charge in [-0.05, 0) is 25.1 Å². The number of hydrogen-bond donors (Lipinski definition) is 0. The summed E-state index contributed by atoms with van der Waals surface area (Å²) in [6.07, 6.45) is 0. The van der Waals surface area contributed by atoms with Crippen molar-refractivity contribution < 1.29 is 9.18 Å². The van der Waals surface area contributed by atoms with Crippen LogP contribution in [0.15, 0.2) is 18.2 Å². The molecule has 0 fully saturated rings. The molecule has 0 saturated heterocycles. The summed E-state index contributed by atoms with van der Waals surface area (Å²) in [7, 11) is 0. The number of halogens is 1. The van der Waals surface area contributed by atoms with E-state index in [1.807, 2.05) is 0 Å². The molecular formula is C9H6FNO. The summed E-state index contributed by atoms with van der Waals surface area (Å²) in [5.74, 6) is -0.733. The zero-order chi connectivity index (χ0) is 9.14. The molecule has 0 bridgehead atoms. The summed E-state index contributed by atoms with van der Waals surface area (Å²) in [4.78, 5) is 10.9. The Balaban J connectivity index is 3.32. The Morgan fingerprint density at radius 2 is 2.25 bits per heavy atom. The molecule has 0 unspecified atom stereocenters. The fraction of sp³-hybridized carbons (Fsp3) is 0.111. The number of nitrogens with zero attached hydrogens (tertiary/aromatic N) is 1. The van der Waals surface area contributed by atoms with E-state index in [9.17, 15) is 9.18 Å². The standard InChI is InChI=1S/C9H6FNO/c1-6(12)9-3-2-8(10)4-7(9)5-11/h2-4H,1H3. The fourth-order valence-corrected chi connectivity index (χ4v) is 0.916. The molecule has 0 saturated carbocycles. The van der Waals surface area contributed by atoms with E-state index in [2.05, 4.69) is 0 Å². The average molecular weight is 163 g/mol. The molecule has 0 aliphatic carbocycles. The predicted molar refractivity (Wildman–Crippen MR) is 41.1 cm³/mol. The molecule has 0 heterocycles. The highest BCUT2D eigenvalue weighted by atomic mass is 19.1. The van der Waals surface area contributed by atoms with Crippen LogP contribution < -0.4 is 0 Å². The van der Waals surface area contributed by atoms with Crippen molar-refractivity contribution in [3.8, 4) is 6.07 Å². The van der Waals surface area contributed by atoms with Gasteiger partial charge in [0.05, 0.1) is 11.6 Å². The van der Waals surface area contributed by atoms with Crippen LogP contribution in [0.3, 0.4) is 0 Å². The third kappa shape index (κ3) is 1.48. The number of Topliss-reactive ketones (excluding diaryl/α,β-unsaturated/α-hetero) is 1. The maximum absolute atomic E-state index is 12.5. The number of rotatable bonds is 1. The predicted octanol–water partition coefficient (Wildman–Crippen LogP) is 1.90. The van der Waals surface area contributed by atoms with Crippen LogP contribution in [0.5, 0.6) is 0 Å². The first kappa shape index (κ1) is 8.41. The van der Waals surface area contributed by atoms with Gasteiger partial charge in [-0.15, -0.1) is 0 Å². The van der Waals surface area contributed by atoms with Crippen LogP contribution in [0, 0.1) is 17.1 Å². The molecule has 2 nitrogen and oxygen atoms in total. The van der Waals surface area contributed by atoms with Gasteiger partial charge in [-0.2, -0.15) is 5.26 Å². The van der Waals surface area contributed by atoms with Gasteiger partial charge in [-0.25, -0.2) is 4.39 Å².